The molecular weight excluding hydrogens is 396 g/mol. The fourth-order valence-electron chi connectivity index (χ4n) is 3.50. The van der Waals surface area contributed by atoms with Crippen LogP contribution in [0.25, 0.3) is 34.2 Å². The van der Waals surface area contributed by atoms with Gasteiger partial charge < -0.3 is 4.74 Å². The molecule has 1 aromatic heterocycles. The number of hydrogen-bond acceptors (Lipinski definition) is 2. The van der Waals surface area contributed by atoms with Gasteiger partial charge in [0.1, 0.15) is 6.73 Å². The van der Waals surface area contributed by atoms with E-state index in [2.05, 4.69) is 98.5 Å². The molecule has 4 rings (SSSR count). The fraction of sp³-hybridized carbons (Fsp3) is 0.222. The van der Waals surface area contributed by atoms with Gasteiger partial charge in [-0.2, -0.15) is 5.10 Å². The van der Waals surface area contributed by atoms with E-state index in [1.165, 1.54) is 11.1 Å². The minimum atomic E-state index is -1.10. The second-order valence-electron chi connectivity index (χ2n) is 9.07. The minimum Gasteiger partial charge on any atom is -0.360 e. The summed E-state index contributed by atoms with van der Waals surface area (Å²) < 4.78 is 7.99. The van der Waals surface area contributed by atoms with Gasteiger partial charge in [-0.25, -0.2) is 4.68 Å². The molecule has 4 heteroatoms. The molecule has 31 heavy (non-hydrogen) atoms. The zero-order chi connectivity index (χ0) is 21.7. The maximum atomic E-state index is 6.01. The van der Waals surface area contributed by atoms with Gasteiger partial charge >= 0.3 is 0 Å². The number of benzene rings is 3. The van der Waals surface area contributed by atoms with Crippen molar-refractivity contribution in [1.29, 1.82) is 0 Å². The Bertz CT molecular complexity index is 1160. The summed E-state index contributed by atoms with van der Waals surface area (Å²) in [6, 6.07) is 28.5. The predicted octanol–water partition coefficient (Wildman–Crippen LogP) is 7.19. The van der Waals surface area contributed by atoms with Gasteiger partial charge in [0.2, 0.25) is 0 Å². The second-order valence-corrected chi connectivity index (χ2v) is 14.7. The van der Waals surface area contributed by atoms with E-state index in [4.69, 9.17) is 9.84 Å². The monoisotopic (exact) mass is 426 g/mol. The summed E-state index contributed by atoms with van der Waals surface area (Å²) in [6.45, 7) is 8.38. The first-order valence-corrected chi connectivity index (χ1v) is 14.6. The number of nitrogens with zero attached hydrogens (tertiary/aromatic N) is 2. The van der Waals surface area contributed by atoms with Gasteiger partial charge in [0.15, 0.2) is 0 Å². The molecule has 3 nitrogen and oxygen atoms in total. The van der Waals surface area contributed by atoms with Crippen molar-refractivity contribution in [2.75, 3.05) is 6.61 Å². The number of hydrogen-bond donors (Lipinski definition) is 0. The van der Waals surface area contributed by atoms with Gasteiger partial charge in [0, 0.05) is 20.1 Å². The lowest BCUT2D eigenvalue weighted by molar-refractivity contribution is 0.0816. The maximum absolute atomic E-state index is 6.01. The first-order valence-electron chi connectivity index (χ1n) is 10.9. The van der Waals surface area contributed by atoms with E-state index < -0.39 is 8.07 Å². The molecule has 0 amide bonds. The molecule has 4 aromatic rings. The summed E-state index contributed by atoms with van der Waals surface area (Å²) in [5, 5.41) is 6.03. The van der Waals surface area contributed by atoms with Gasteiger partial charge in [-0.15, -0.1) is 0 Å². The summed E-state index contributed by atoms with van der Waals surface area (Å²) in [4.78, 5) is 0. The smallest absolute Gasteiger partial charge is 0.140 e. The van der Waals surface area contributed by atoms with E-state index in [0.717, 1.165) is 34.8 Å². The Labute approximate surface area is 186 Å². The lowest BCUT2D eigenvalue weighted by atomic mass is 10.0. The van der Waals surface area contributed by atoms with Crippen LogP contribution >= 0.6 is 0 Å². The third-order valence-electron chi connectivity index (χ3n) is 5.33. The summed E-state index contributed by atoms with van der Waals surface area (Å²) in [6.07, 6.45) is 4.22. The molecule has 0 aliphatic carbocycles. The van der Waals surface area contributed by atoms with Crippen LogP contribution in [0.5, 0.6) is 0 Å². The van der Waals surface area contributed by atoms with E-state index in [9.17, 15) is 0 Å². The van der Waals surface area contributed by atoms with Crippen LogP contribution in [0.3, 0.4) is 0 Å². The molecule has 0 N–H and O–H groups in total. The Balaban J connectivity index is 1.66. The van der Waals surface area contributed by atoms with Gasteiger partial charge in [0.05, 0.1) is 11.2 Å². The van der Waals surface area contributed by atoms with E-state index in [0.29, 0.717) is 6.73 Å². The molecule has 0 unspecified atom stereocenters. The molecule has 0 atom stereocenters. The molecule has 0 aliphatic rings. The van der Waals surface area contributed by atoms with Crippen LogP contribution in [0.4, 0.5) is 0 Å². The quantitative estimate of drug-likeness (QED) is 0.220. The lowest BCUT2D eigenvalue weighted by Crippen LogP contribution is -2.22. The average molecular weight is 427 g/mol. The van der Waals surface area contributed by atoms with Gasteiger partial charge in [0.25, 0.3) is 0 Å². The molecule has 1 heterocycles. The third-order valence-corrected chi connectivity index (χ3v) is 7.03. The first-order chi connectivity index (χ1) is 15.0. The van der Waals surface area contributed by atoms with E-state index in [-0.39, 0.29) is 0 Å². The molecule has 0 aliphatic heterocycles. The Kier molecular flexibility index (Phi) is 6.49. The molecular formula is C27H30N2OSi. The van der Waals surface area contributed by atoms with Crippen molar-refractivity contribution in [2.24, 2.45) is 0 Å². The lowest BCUT2D eigenvalue weighted by Gasteiger charge is -2.15. The summed E-state index contributed by atoms with van der Waals surface area (Å²) >= 11 is 0. The number of fused-ring (bicyclic) bond motifs is 1. The maximum Gasteiger partial charge on any atom is 0.140 e. The molecule has 0 fully saturated rings. The van der Waals surface area contributed by atoms with Crippen molar-refractivity contribution in [3.63, 3.8) is 0 Å². The Morgan fingerprint density at radius 2 is 1.55 bits per heavy atom. The van der Waals surface area contributed by atoms with Crippen LogP contribution in [-0.2, 0) is 11.5 Å². The number of ether oxygens (including phenoxy) is 1. The van der Waals surface area contributed by atoms with Crippen molar-refractivity contribution in [1.82, 2.24) is 9.78 Å². The Morgan fingerprint density at radius 1 is 0.839 bits per heavy atom. The largest absolute Gasteiger partial charge is 0.360 e. The summed E-state index contributed by atoms with van der Waals surface area (Å²) in [5.41, 5.74) is 5.63. The zero-order valence-corrected chi connectivity index (χ0v) is 19.6. The molecule has 0 saturated carbocycles. The van der Waals surface area contributed by atoms with Gasteiger partial charge in [-0.3, -0.25) is 0 Å². The highest BCUT2D eigenvalue weighted by molar-refractivity contribution is 6.76. The first kappa shape index (κ1) is 21.3. The SMILES string of the molecule is C[Si](C)(C)CCOCn1nc(C=Cc2ccccc2)c2cc(-c3ccccc3)ccc21. The molecule has 0 radical (unpaired) electrons. The van der Waals surface area contributed by atoms with E-state index in [1.807, 2.05) is 16.8 Å². The molecule has 0 saturated heterocycles. The zero-order valence-electron chi connectivity index (χ0n) is 18.6. The Morgan fingerprint density at radius 3 is 2.26 bits per heavy atom. The van der Waals surface area contributed by atoms with Crippen molar-refractivity contribution < 1.29 is 4.74 Å². The van der Waals surface area contributed by atoms with Crippen LogP contribution in [0.2, 0.25) is 25.7 Å². The highest BCUT2D eigenvalue weighted by atomic mass is 28.3. The normalized spacial score (nSPS) is 12.1. The van der Waals surface area contributed by atoms with Crippen LogP contribution < -0.4 is 0 Å². The Hall–Kier alpha value is -2.95. The highest BCUT2D eigenvalue weighted by Crippen LogP contribution is 2.28. The van der Waals surface area contributed by atoms with Crippen molar-refractivity contribution >= 4 is 31.1 Å². The summed E-state index contributed by atoms with van der Waals surface area (Å²) in [7, 11) is -1.10. The third kappa shape index (κ3) is 5.60. The predicted molar refractivity (Wildman–Crippen MR) is 135 cm³/mol. The second kappa shape index (κ2) is 9.46. The van der Waals surface area contributed by atoms with Crippen LogP contribution in [0.15, 0.2) is 78.9 Å². The standard InChI is InChI=1S/C27H30N2OSi/c1-31(2,3)19-18-30-21-29-27-17-15-24(23-12-8-5-9-13-23)20-25(27)26(28-29)16-14-22-10-6-4-7-11-22/h4-17,20H,18-19,21H2,1-3H3. The van der Waals surface area contributed by atoms with Crippen LogP contribution in [0.1, 0.15) is 11.3 Å². The fourth-order valence-corrected chi connectivity index (χ4v) is 4.26. The van der Waals surface area contributed by atoms with Crippen molar-refractivity contribution in [3.8, 4) is 11.1 Å². The number of aromatic nitrogens is 2. The van der Waals surface area contributed by atoms with Gasteiger partial charge in [-0.05, 0) is 40.9 Å². The van der Waals surface area contributed by atoms with E-state index in [1.54, 1.807) is 0 Å². The highest BCUT2D eigenvalue weighted by Gasteiger charge is 2.14. The minimum absolute atomic E-state index is 0.477. The van der Waals surface area contributed by atoms with E-state index >= 15 is 0 Å². The molecule has 3 aromatic carbocycles. The topological polar surface area (TPSA) is 27.1 Å². The van der Waals surface area contributed by atoms with Crippen LogP contribution in [-0.4, -0.2) is 24.5 Å². The average Bonchev–Trinajstić information content (AvgIpc) is 3.13. The summed E-state index contributed by atoms with van der Waals surface area (Å²) in [5.74, 6) is 0. The molecule has 0 bridgehead atoms. The number of rotatable bonds is 8. The van der Waals surface area contributed by atoms with Crippen LogP contribution in [0, 0.1) is 0 Å². The van der Waals surface area contributed by atoms with Crippen molar-refractivity contribution in [2.45, 2.75) is 32.4 Å². The molecule has 158 valence electrons. The van der Waals surface area contributed by atoms with Gasteiger partial charge in [-0.1, -0.05) is 92.4 Å². The molecule has 0 spiro atoms. The van der Waals surface area contributed by atoms with Crippen molar-refractivity contribution in [3.05, 3.63) is 90.1 Å².